The lowest BCUT2D eigenvalue weighted by Gasteiger charge is -2.03. The number of hydrogen-bond acceptors (Lipinski definition) is 5. The second-order valence-corrected chi connectivity index (χ2v) is 2.32. The van der Waals surface area contributed by atoms with E-state index in [4.69, 9.17) is 10.6 Å². The van der Waals surface area contributed by atoms with Crippen molar-refractivity contribution in [2.24, 2.45) is 5.84 Å². The van der Waals surface area contributed by atoms with Crippen molar-refractivity contribution in [1.82, 2.24) is 0 Å². The number of nitro groups is 1. The fourth-order valence-electron chi connectivity index (χ4n) is 0.890. The lowest BCUT2D eigenvalue weighted by molar-refractivity contribution is -0.384. The van der Waals surface area contributed by atoms with Gasteiger partial charge in [-0.25, -0.2) is 0 Å². The number of nitrogens with two attached hydrogens (primary N) is 1. The van der Waals surface area contributed by atoms with Crippen LogP contribution < -0.4 is 16.0 Å². The lowest BCUT2D eigenvalue weighted by atomic mass is 10.2. The number of halogens is 1. The van der Waals surface area contributed by atoms with E-state index in [1.54, 1.807) is 6.07 Å². The number of nitro benzene ring substituents is 1. The first-order valence-electron chi connectivity index (χ1n) is 3.47. The molecule has 0 aliphatic rings. The summed E-state index contributed by atoms with van der Waals surface area (Å²) in [6.45, 7) is 0. The molecule has 1 aromatic carbocycles. The number of rotatable bonds is 3. The van der Waals surface area contributed by atoms with Gasteiger partial charge in [-0.2, -0.15) is 0 Å². The number of ether oxygens (including phenoxy) is 1. The van der Waals surface area contributed by atoms with E-state index in [0.717, 1.165) is 0 Å². The van der Waals surface area contributed by atoms with E-state index in [2.05, 4.69) is 5.43 Å². The Kier molecular flexibility index (Phi) is 4.89. The first-order valence-corrected chi connectivity index (χ1v) is 3.47. The van der Waals surface area contributed by atoms with Gasteiger partial charge in [-0.3, -0.25) is 16.0 Å². The first kappa shape index (κ1) is 12.7. The highest BCUT2D eigenvalue weighted by atomic mass is 79.9. The number of nitrogens with zero attached hydrogens (tertiary/aromatic N) is 1. The molecule has 0 unspecified atom stereocenters. The number of methoxy groups -OCH3 is 1. The molecule has 0 aliphatic carbocycles. The van der Waals surface area contributed by atoms with Gasteiger partial charge in [0.1, 0.15) is 5.75 Å². The van der Waals surface area contributed by atoms with Gasteiger partial charge >= 0.3 is 0 Å². The van der Waals surface area contributed by atoms with Gasteiger partial charge < -0.3 is 10.2 Å². The van der Waals surface area contributed by atoms with Crippen molar-refractivity contribution in [3.63, 3.8) is 0 Å². The second-order valence-electron chi connectivity index (χ2n) is 2.32. The molecular weight excluding hydrogens is 254 g/mol. The van der Waals surface area contributed by atoms with Gasteiger partial charge in [-0.1, -0.05) is 0 Å². The second kappa shape index (κ2) is 5.40. The third kappa shape index (κ3) is 2.86. The summed E-state index contributed by atoms with van der Waals surface area (Å²) in [5, 5.41) is 10.4. The quantitative estimate of drug-likeness (QED) is 0.490. The highest BCUT2D eigenvalue weighted by Crippen LogP contribution is 2.24. The molecule has 1 aromatic rings. The van der Waals surface area contributed by atoms with Crippen LogP contribution in [0.1, 0.15) is 0 Å². The van der Waals surface area contributed by atoms with E-state index in [1.165, 1.54) is 19.2 Å². The molecule has 0 bridgehead atoms. The Bertz CT molecular complexity index is 310. The van der Waals surface area contributed by atoms with Crippen molar-refractivity contribution in [3.05, 3.63) is 28.3 Å². The van der Waals surface area contributed by atoms with Crippen LogP contribution in [0.5, 0.6) is 5.75 Å². The van der Waals surface area contributed by atoms with Crippen LogP contribution in [0.4, 0.5) is 11.4 Å². The monoisotopic (exact) mass is 263 g/mol. The highest BCUT2D eigenvalue weighted by molar-refractivity contribution is 8.93. The van der Waals surface area contributed by atoms with Crippen molar-refractivity contribution in [1.29, 1.82) is 0 Å². The zero-order valence-electron chi connectivity index (χ0n) is 7.39. The maximum atomic E-state index is 10.4. The van der Waals surface area contributed by atoms with E-state index < -0.39 is 4.92 Å². The zero-order valence-corrected chi connectivity index (χ0v) is 9.10. The van der Waals surface area contributed by atoms with Gasteiger partial charge in [0.15, 0.2) is 0 Å². The van der Waals surface area contributed by atoms with Crippen LogP contribution in [0.2, 0.25) is 0 Å². The summed E-state index contributed by atoms with van der Waals surface area (Å²) in [6.07, 6.45) is 0. The molecule has 1 rings (SSSR count). The smallest absolute Gasteiger partial charge is 0.275 e. The van der Waals surface area contributed by atoms with Crippen LogP contribution in [-0.2, 0) is 0 Å². The molecule has 14 heavy (non-hydrogen) atoms. The van der Waals surface area contributed by atoms with Crippen LogP contribution >= 0.6 is 17.0 Å². The molecule has 0 amide bonds. The molecule has 0 aromatic heterocycles. The minimum Gasteiger partial charge on any atom is -0.496 e. The van der Waals surface area contributed by atoms with Gasteiger partial charge in [0, 0.05) is 12.1 Å². The summed E-state index contributed by atoms with van der Waals surface area (Å²) in [5.74, 6) is 5.51. The van der Waals surface area contributed by atoms with E-state index in [0.29, 0.717) is 11.4 Å². The highest BCUT2D eigenvalue weighted by Gasteiger charge is 2.08. The average Bonchev–Trinajstić information content (AvgIpc) is 2.16. The van der Waals surface area contributed by atoms with Crippen molar-refractivity contribution in [3.8, 4) is 5.75 Å². The van der Waals surface area contributed by atoms with Crippen molar-refractivity contribution < 1.29 is 9.66 Å². The summed E-state index contributed by atoms with van der Waals surface area (Å²) in [6, 6.07) is 4.20. The Morgan fingerprint density at radius 1 is 1.50 bits per heavy atom. The number of anilines is 1. The van der Waals surface area contributed by atoms with E-state index in [-0.39, 0.29) is 22.7 Å². The predicted molar refractivity (Wildman–Crippen MR) is 57.8 cm³/mol. The summed E-state index contributed by atoms with van der Waals surface area (Å²) >= 11 is 0. The van der Waals surface area contributed by atoms with E-state index >= 15 is 0 Å². The van der Waals surface area contributed by atoms with Gasteiger partial charge in [-0.05, 0) is 0 Å². The molecular formula is C7H10BrN3O3. The number of nitrogens with one attached hydrogen (secondary N) is 1. The number of non-ortho nitro benzene ring substituents is 1. The SMILES string of the molecule is Br.COc1cc(NN)cc([N+](=O)[O-])c1. The van der Waals surface area contributed by atoms with Crippen LogP contribution in [0.25, 0.3) is 0 Å². The number of benzene rings is 1. The lowest BCUT2D eigenvalue weighted by Crippen LogP contribution is -2.07. The standard InChI is InChI=1S/C7H9N3O3.BrH/c1-13-7-3-5(9-8)2-6(4-7)10(11)12;/h2-4,9H,8H2,1H3;1H. The molecule has 0 aliphatic heterocycles. The van der Waals surface area contributed by atoms with Crippen LogP contribution in [-0.4, -0.2) is 12.0 Å². The van der Waals surface area contributed by atoms with Gasteiger partial charge in [0.05, 0.1) is 23.8 Å². The molecule has 0 spiro atoms. The fraction of sp³-hybridized carbons (Fsp3) is 0.143. The van der Waals surface area contributed by atoms with Gasteiger partial charge in [-0.15, -0.1) is 17.0 Å². The molecule has 0 radical (unpaired) electrons. The summed E-state index contributed by atoms with van der Waals surface area (Å²) in [4.78, 5) is 9.91. The Labute approximate surface area is 90.9 Å². The Balaban J connectivity index is 0.00000169. The van der Waals surface area contributed by atoms with Crippen molar-refractivity contribution in [2.45, 2.75) is 0 Å². The number of nitrogen functional groups attached to an aromatic ring is 1. The maximum Gasteiger partial charge on any atom is 0.275 e. The first-order chi connectivity index (χ1) is 6.17. The van der Waals surface area contributed by atoms with Gasteiger partial charge in [0.2, 0.25) is 0 Å². The molecule has 7 heteroatoms. The van der Waals surface area contributed by atoms with E-state index in [1.807, 2.05) is 0 Å². The van der Waals surface area contributed by atoms with Crippen molar-refractivity contribution >= 4 is 28.4 Å². The third-order valence-corrected chi connectivity index (χ3v) is 1.50. The largest absolute Gasteiger partial charge is 0.496 e. The van der Waals surface area contributed by atoms with E-state index in [9.17, 15) is 10.1 Å². The van der Waals surface area contributed by atoms with Gasteiger partial charge in [0.25, 0.3) is 5.69 Å². The molecule has 0 heterocycles. The minimum atomic E-state index is -0.511. The molecule has 0 saturated heterocycles. The topological polar surface area (TPSA) is 90.4 Å². The predicted octanol–water partition coefficient (Wildman–Crippen LogP) is 1.47. The summed E-state index contributed by atoms with van der Waals surface area (Å²) in [5.41, 5.74) is 2.69. The molecule has 3 N–H and O–H groups in total. The zero-order chi connectivity index (χ0) is 9.84. The fourth-order valence-corrected chi connectivity index (χ4v) is 0.890. The Hall–Kier alpha value is -1.34. The summed E-state index contributed by atoms with van der Waals surface area (Å²) in [7, 11) is 1.43. The van der Waals surface area contributed by atoms with Crippen molar-refractivity contribution in [2.75, 3.05) is 12.5 Å². The number of hydrazine groups is 1. The number of hydrogen-bond donors (Lipinski definition) is 2. The average molecular weight is 264 g/mol. The Morgan fingerprint density at radius 2 is 2.14 bits per heavy atom. The van der Waals surface area contributed by atoms with Crippen LogP contribution in [0, 0.1) is 10.1 Å². The van der Waals surface area contributed by atoms with Crippen LogP contribution in [0.3, 0.4) is 0 Å². The third-order valence-electron chi connectivity index (χ3n) is 1.50. The maximum absolute atomic E-state index is 10.4. The normalized spacial score (nSPS) is 8.71. The molecule has 78 valence electrons. The minimum absolute atomic E-state index is 0. The molecule has 0 atom stereocenters. The molecule has 0 saturated carbocycles. The molecule has 6 nitrogen and oxygen atoms in total. The Morgan fingerprint density at radius 3 is 2.57 bits per heavy atom. The van der Waals surface area contributed by atoms with Crippen LogP contribution in [0.15, 0.2) is 18.2 Å². The molecule has 0 fully saturated rings. The summed E-state index contributed by atoms with van der Waals surface area (Å²) < 4.78 is 4.85.